The van der Waals surface area contributed by atoms with Crippen molar-refractivity contribution in [2.24, 2.45) is 0 Å². The number of carbonyl (C=O) groups excluding carboxylic acids is 1. The summed E-state index contributed by atoms with van der Waals surface area (Å²) in [5, 5.41) is 9.63. The largest absolute Gasteiger partial charge is 0.482 e. The fourth-order valence-electron chi connectivity index (χ4n) is 1.58. The van der Waals surface area contributed by atoms with E-state index < -0.39 is 11.9 Å². The number of aromatic carboxylic acids is 1. The minimum Gasteiger partial charge on any atom is -0.482 e. The summed E-state index contributed by atoms with van der Waals surface area (Å²) in [7, 11) is 0. The summed E-state index contributed by atoms with van der Waals surface area (Å²) in [6, 6.07) is 10.8. The second-order valence-electron chi connectivity index (χ2n) is 4.16. The molecular weight excluding hydrogens is 376 g/mol. The van der Waals surface area contributed by atoms with Gasteiger partial charge in [-0.15, -0.1) is 0 Å². The Kier molecular flexibility index (Phi) is 5.41. The average Bonchev–Trinajstić information content (AvgIpc) is 2.48. The molecule has 0 amide bonds. The van der Waals surface area contributed by atoms with E-state index in [4.69, 9.17) is 26.2 Å². The van der Waals surface area contributed by atoms with Crippen molar-refractivity contribution in [3.05, 3.63) is 57.5 Å². The van der Waals surface area contributed by atoms with Gasteiger partial charge in [-0.1, -0.05) is 27.5 Å². The van der Waals surface area contributed by atoms with E-state index in [1.165, 1.54) is 12.1 Å². The van der Waals surface area contributed by atoms with Gasteiger partial charge in [0.15, 0.2) is 6.61 Å². The number of benzene rings is 2. The maximum atomic E-state index is 11.7. The predicted octanol–water partition coefficient (Wildman–Crippen LogP) is 3.79. The Morgan fingerprint density at radius 1 is 1.14 bits per heavy atom. The highest BCUT2D eigenvalue weighted by atomic mass is 79.9. The van der Waals surface area contributed by atoms with Crippen molar-refractivity contribution in [1.29, 1.82) is 0 Å². The Labute approximate surface area is 139 Å². The maximum Gasteiger partial charge on any atom is 0.349 e. The molecule has 0 radical (unpaired) electrons. The van der Waals surface area contributed by atoms with Gasteiger partial charge in [0.2, 0.25) is 0 Å². The van der Waals surface area contributed by atoms with Crippen LogP contribution in [0.15, 0.2) is 46.9 Å². The van der Waals surface area contributed by atoms with Gasteiger partial charge in [-0.25, -0.2) is 9.59 Å². The number of ether oxygens (including phenoxy) is 2. The van der Waals surface area contributed by atoms with Crippen LogP contribution in [0.2, 0.25) is 5.02 Å². The van der Waals surface area contributed by atoms with E-state index in [0.29, 0.717) is 15.2 Å². The van der Waals surface area contributed by atoms with E-state index in [9.17, 15) is 9.59 Å². The first-order valence-electron chi connectivity index (χ1n) is 6.07. The third-order valence-corrected chi connectivity index (χ3v) is 3.31. The number of carboxylic acids is 1. The number of halogens is 2. The van der Waals surface area contributed by atoms with E-state index in [-0.39, 0.29) is 17.9 Å². The minimum atomic E-state index is -1.19. The summed E-state index contributed by atoms with van der Waals surface area (Å²) in [6.45, 7) is -0.350. The van der Waals surface area contributed by atoms with E-state index in [0.717, 1.165) is 0 Å². The molecule has 2 aromatic carbocycles. The van der Waals surface area contributed by atoms with Crippen LogP contribution in [0.5, 0.6) is 11.5 Å². The molecule has 0 saturated carbocycles. The lowest BCUT2D eigenvalue weighted by Gasteiger charge is -2.09. The first kappa shape index (κ1) is 16.3. The van der Waals surface area contributed by atoms with Crippen molar-refractivity contribution < 1.29 is 24.2 Å². The highest BCUT2D eigenvalue weighted by molar-refractivity contribution is 9.10. The molecule has 0 bridgehead atoms. The van der Waals surface area contributed by atoms with Gasteiger partial charge in [0.1, 0.15) is 17.1 Å². The Morgan fingerprint density at radius 2 is 1.82 bits per heavy atom. The van der Waals surface area contributed by atoms with Crippen LogP contribution in [-0.2, 0) is 4.79 Å². The van der Waals surface area contributed by atoms with Crippen LogP contribution < -0.4 is 9.47 Å². The molecule has 0 fully saturated rings. The topological polar surface area (TPSA) is 72.8 Å². The number of carboxylic acid groups (broad SMARTS) is 1. The summed E-state index contributed by atoms with van der Waals surface area (Å²) < 4.78 is 10.8. The van der Waals surface area contributed by atoms with Crippen LogP contribution in [-0.4, -0.2) is 23.7 Å². The molecule has 5 nitrogen and oxygen atoms in total. The fourth-order valence-corrected chi connectivity index (χ4v) is 2.07. The molecule has 0 heterocycles. The van der Waals surface area contributed by atoms with E-state index in [1.54, 1.807) is 30.3 Å². The van der Waals surface area contributed by atoms with Crippen molar-refractivity contribution in [2.45, 2.75) is 0 Å². The lowest BCUT2D eigenvalue weighted by molar-refractivity contribution is -0.136. The molecule has 1 N–H and O–H groups in total. The van der Waals surface area contributed by atoms with Gasteiger partial charge >= 0.3 is 11.9 Å². The summed E-state index contributed by atoms with van der Waals surface area (Å²) in [5.41, 5.74) is -0.116. The Balaban J connectivity index is 2.00. The normalized spacial score (nSPS) is 10.1. The fraction of sp³-hybridized carbons (Fsp3) is 0.0667. The maximum absolute atomic E-state index is 11.7. The Hall–Kier alpha value is -2.05. The van der Waals surface area contributed by atoms with Crippen LogP contribution in [0.3, 0.4) is 0 Å². The van der Waals surface area contributed by atoms with Crippen molar-refractivity contribution >= 4 is 39.5 Å². The quantitative estimate of drug-likeness (QED) is 0.626. The van der Waals surface area contributed by atoms with Gasteiger partial charge in [-0.2, -0.15) is 0 Å². The molecular formula is C15H10BrClO5. The van der Waals surface area contributed by atoms with Gasteiger partial charge in [-0.3, -0.25) is 0 Å². The molecule has 0 aliphatic rings. The zero-order chi connectivity index (χ0) is 16.1. The molecule has 0 atom stereocenters. The molecule has 0 saturated heterocycles. The number of hydrogen-bond donors (Lipinski definition) is 1. The molecule has 0 aliphatic carbocycles. The number of hydrogen-bond acceptors (Lipinski definition) is 4. The summed E-state index contributed by atoms with van der Waals surface area (Å²) in [5.74, 6) is -1.49. The Morgan fingerprint density at radius 3 is 2.45 bits per heavy atom. The van der Waals surface area contributed by atoms with E-state index >= 15 is 0 Å². The summed E-state index contributed by atoms with van der Waals surface area (Å²) in [4.78, 5) is 22.8. The van der Waals surface area contributed by atoms with E-state index in [1.807, 2.05) is 0 Å². The standard InChI is InChI=1S/C15H10BrClO5/c16-9-1-6-13(12(7-9)15(19)20)22-14(18)8-21-11-4-2-10(17)3-5-11/h1-7H,8H2,(H,19,20). The van der Waals surface area contributed by atoms with Gasteiger partial charge in [0.05, 0.1) is 0 Å². The Bertz CT molecular complexity index is 700. The van der Waals surface area contributed by atoms with Crippen LogP contribution in [0.1, 0.15) is 10.4 Å². The first-order chi connectivity index (χ1) is 10.5. The lowest BCUT2D eigenvalue weighted by Crippen LogP contribution is -2.19. The van der Waals surface area contributed by atoms with Crippen molar-refractivity contribution in [3.8, 4) is 11.5 Å². The summed E-state index contributed by atoms with van der Waals surface area (Å²) >= 11 is 8.89. The first-order valence-corrected chi connectivity index (χ1v) is 7.24. The van der Waals surface area contributed by atoms with Crippen molar-refractivity contribution in [2.75, 3.05) is 6.61 Å². The number of rotatable bonds is 5. The molecule has 114 valence electrons. The zero-order valence-corrected chi connectivity index (χ0v) is 13.4. The number of carbonyl (C=O) groups is 2. The van der Waals surface area contributed by atoms with Gasteiger partial charge < -0.3 is 14.6 Å². The molecule has 7 heteroatoms. The van der Waals surface area contributed by atoms with Gasteiger partial charge in [0.25, 0.3) is 0 Å². The lowest BCUT2D eigenvalue weighted by atomic mass is 10.2. The second kappa shape index (κ2) is 7.29. The average molecular weight is 386 g/mol. The molecule has 0 aliphatic heterocycles. The molecule has 22 heavy (non-hydrogen) atoms. The van der Waals surface area contributed by atoms with Crippen LogP contribution in [0.25, 0.3) is 0 Å². The highest BCUT2D eigenvalue weighted by Gasteiger charge is 2.15. The summed E-state index contributed by atoms with van der Waals surface area (Å²) in [6.07, 6.45) is 0. The third-order valence-electron chi connectivity index (χ3n) is 2.57. The van der Waals surface area contributed by atoms with Crippen LogP contribution in [0, 0.1) is 0 Å². The van der Waals surface area contributed by atoms with Crippen LogP contribution in [0.4, 0.5) is 0 Å². The minimum absolute atomic E-state index is 0.0413. The number of esters is 1. The molecule has 2 aromatic rings. The van der Waals surface area contributed by atoms with Crippen molar-refractivity contribution in [1.82, 2.24) is 0 Å². The van der Waals surface area contributed by atoms with E-state index in [2.05, 4.69) is 15.9 Å². The highest BCUT2D eigenvalue weighted by Crippen LogP contribution is 2.23. The van der Waals surface area contributed by atoms with Gasteiger partial charge in [-0.05, 0) is 42.5 Å². The van der Waals surface area contributed by atoms with Gasteiger partial charge in [0, 0.05) is 9.50 Å². The molecule has 0 aromatic heterocycles. The predicted molar refractivity (Wildman–Crippen MR) is 83.7 cm³/mol. The molecule has 2 rings (SSSR count). The molecule has 0 unspecified atom stereocenters. The second-order valence-corrected chi connectivity index (χ2v) is 5.51. The smallest absolute Gasteiger partial charge is 0.349 e. The third kappa shape index (κ3) is 4.47. The molecule has 0 spiro atoms. The van der Waals surface area contributed by atoms with Crippen LogP contribution >= 0.6 is 27.5 Å². The SMILES string of the molecule is O=C(COc1ccc(Cl)cc1)Oc1ccc(Br)cc1C(=O)O. The monoisotopic (exact) mass is 384 g/mol. The zero-order valence-electron chi connectivity index (χ0n) is 11.1. The van der Waals surface area contributed by atoms with Crippen molar-refractivity contribution in [3.63, 3.8) is 0 Å².